The molecule has 2 aromatic carbocycles. The Morgan fingerprint density at radius 3 is 2.50 bits per heavy atom. The van der Waals surface area contributed by atoms with Crippen molar-refractivity contribution in [1.29, 1.82) is 0 Å². The third kappa shape index (κ3) is 2.64. The lowest BCUT2D eigenvalue weighted by atomic mass is 10.2. The first kappa shape index (κ1) is 14.8. The summed E-state index contributed by atoms with van der Waals surface area (Å²) < 4.78 is 1.93. The van der Waals surface area contributed by atoms with Crippen molar-refractivity contribution in [2.24, 2.45) is 0 Å². The zero-order valence-electron chi connectivity index (χ0n) is 13.8. The SMILES string of the molecule is CCCCCc1nc2ccccc2c2nc(-c3ccccc3)nn12. The number of aromatic nitrogens is 4. The third-order valence-corrected chi connectivity index (χ3v) is 4.28. The van der Waals surface area contributed by atoms with Gasteiger partial charge in [-0.1, -0.05) is 62.2 Å². The summed E-state index contributed by atoms with van der Waals surface area (Å²) in [6, 6.07) is 18.3. The van der Waals surface area contributed by atoms with E-state index in [0.717, 1.165) is 46.6 Å². The molecule has 24 heavy (non-hydrogen) atoms. The van der Waals surface area contributed by atoms with Gasteiger partial charge in [0.2, 0.25) is 0 Å². The fraction of sp³-hybridized carbons (Fsp3) is 0.250. The molecular weight excluding hydrogens is 296 g/mol. The van der Waals surface area contributed by atoms with Gasteiger partial charge in [-0.3, -0.25) is 0 Å². The zero-order valence-corrected chi connectivity index (χ0v) is 13.8. The number of benzene rings is 2. The Hall–Kier alpha value is -2.75. The predicted molar refractivity (Wildman–Crippen MR) is 97.0 cm³/mol. The van der Waals surface area contributed by atoms with Crippen LogP contribution in [0.4, 0.5) is 0 Å². The molecule has 0 atom stereocenters. The van der Waals surface area contributed by atoms with Crippen molar-refractivity contribution in [1.82, 2.24) is 19.6 Å². The molecule has 0 bridgehead atoms. The molecule has 0 saturated carbocycles. The van der Waals surface area contributed by atoms with Gasteiger partial charge in [0, 0.05) is 17.4 Å². The third-order valence-electron chi connectivity index (χ3n) is 4.28. The molecule has 0 radical (unpaired) electrons. The Balaban J connectivity index is 1.91. The molecular formula is C20H20N4. The van der Waals surface area contributed by atoms with Gasteiger partial charge in [0.1, 0.15) is 5.82 Å². The Bertz CT molecular complexity index is 973. The van der Waals surface area contributed by atoms with Crippen LogP contribution in [-0.4, -0.2) is 19.6 Å². The summed E-state index contributed by atoms with van der Waals surface area (Å²) in [7, 11) is 0. The van der Waals surface area contributed by atoms with Gasteiger partial charge in [-0.15, -0.1) is 5.10 Å². The number of hydrogen-bond donors (Lipinski definition) is 0. The molecule has 0 saturated heterocycles. The summed E-state index contributed by atoms with van der Waals surface area (Å²) in [5.74, 6) is 1.75. The molecule has 0 N–H and O–H groups in total. The number of rotatable bonds is 5. The molecule has 120 valence electrons. The average Bonchev–Trinajstić information content (AvgIpc) is 3.09. The largest absolute Gasteiger partial charge is 0.233 e. The van der Waals surface area contributed by atoms with Crippen LogP contribution in [0.1, 0.15) is 32.0 Å². The predicted octanol–water partition coefficient (Wildman–Crippen LogP) is 4.68. The fourth-order valence-electron chi connectivity index (χ4n) is 3.02. The van der Waals surface area contributed by atoms with E-state index in [9.17, 15) is 0 Å². The van der Waals surface area contributed by atoms with E-state index < -0.39 is 0 Å². The van der Waals surface area contributed by atoms with Crippen LogP contribution in [0, 0.1) is 0 Å². The molecule has 0 aliphatic rings. The van der Waals surface area contributed by atoms with Gasteiger partial charge in [0.25, 0.3) is 0 Å². The van der Waals surface area contributed by atoms with Crippen molar-refractivity contribution >= 4 is 16.6 Å². The summed E-state index contributed by atoms with van der Waals surface area (Å²) in [4.78, 5) is 9.65. The quantitative estimate of drug-likeness (QED) is 0.502. The molecule has 0 unspecified atom stereocenters. The summed E-state index contributed by atoms with van der Waals surface area (Å²) in [6.07, 6.45) is 4.45. The van der Waals surface area contributed by atoms with E-state index in [2.05, 4.69) is 19.1 Å². The first-order chi connectivity index (χ1) is 11.9. The van der Waals surface area contributed by atoms with Crippen molar-refractivity contribution in [3.63, 3.8) is 0 Å². The Morgan fingerprint density at radius 2 is 1.67 bits per heavy atom. The van der Waals surface area contributed by atoms with E-state index in [1.165, 1.54) is 12.8 Å². The maximum atomic E-state index is 4.84. The van der Waals surface area contributed by atoms with Crippen molar-refractivity contribution in [2.45, 2.75) is 32.6 Å². The van der Waals surface area contributed by atoms with E-state index in [1.807, 2.05) is 47.0 Å². The number of aryl methyl sites for hydroxylation is 1. The van der Waals surface area contributed by atoms with E-state index in [1.54, 1.807) is 0 Å². The first-order valence-electron chi connectivity index (χ1n) is 8.56. The van der Waals surface area contributed by atoms with Crippen molar-refractivity contribution in [3.05, 3.63) is 60.4 Å². The van der Waals surface area contributed by atoms with Gasteiger partial charge in [-0.25, -0.2) is 9.97 Å². The minimum absolute atomic E-state index is 0.755. The van der Waals surface area contributed by atoms with Gasteiger partial charge >= 0.3 is 0 Å². The summed E-state index contributed by atoms with van der Waals surface area (Å²) in [5.41, 5.74) is 2.92. The van der Waals surface area contributed by atoms with Crippen LogP contribution in [0.2, 0.25) is 0 Å². The van der Waals surface area contributed by atoms with Crippen LogP contribution < -0.4 is 0 Å². The van der Waals surface area contributed by atoms with Crippen LogP contribution in [0.5, 0.6) is 0 Å². The second-order valence-corrected chi connectivity index (χ2v) is 6.04. The highest BCUT2D eigenvalue weighted by atomic mass is 15.3. The van der Waals surface area contributed by atoms with Crippen LogP contribution in [0.25, 0.3) is 27.9 Å². The van der Waals surface area contributed by atoms with E-state index in [-0.39, 0.29) is 0 Å². The molecule has 4 rings (SSSR count). The molecule has 4 nitrogen and oxygen atoms in total. The summed E-state index contributed by atoms with van der Waals surface area (Å²) in [5, 5.41) is 5.80. The number of para-hydroxylation sites is 1. The molecule has 0 aliphatic carbocycles. The number of hydrogen-bond acceptors (Lipinski definition) is 3. The fourth-order valence-corrected chi connectivity index (χ4v) is 3.02. The lowest BCUT2D eigenvalue weighted by Gasteiger charge is -2.06. The molecule has 0 fully saturated rings. The Morgan fingerprint density at radius 1 is 0.875 bits per heavy atom. The normalized spacial score (nSPS) is 11.4. The molecule has 0 amide bonds. The molecule has 2 heterocycles. The zero-order chi connectivity index (χ0) is 16.4. The average molecular weight is 316 g/mol. The molecule has 0 spiro atoms. The minimum Gasteiger partial charge on any atom is -0.233 e. The highest BCUT2D eigenvalue weighted by Gasteiger charge is 2.13. The van der Waals surface area contributed by atoms with Crippen molar-refractivity contribution in [2.75, 3.05) is 0 Å². The molecule has 4 aromatic rings. The molecule has 4 heteroatoms. The smallest absolute Gasteiger partial charge is 0.182 e. The van der Waals surface area contributed by atoms with Gasteiger partial charge in [-0.2, -0.15) is 4.52 Å². The maximum Gasteiger partial charge on any atom is 0.182 e. The van der Waals surface area contributed by atoms with E-state index in [4.69, 9.17) is 15.1 Å². The Kier molecular flexibility index (Phi) is 3.95. The number of nitrogens with zero attached hydrogens (tertiary/aromatic N) is 4. The van der Waals surface area contributed by atoms with Crippen LogP contribution in [0.15, 0.2) is 54.6 Å². The highest BCUT2D eigenvalue weighted by molar-refractivity contribution is 5.91. The number of fused-ring (bicyclic) bond motifs is 3. The van der Waals surface area contributed by atoms with E-state index in [0.29, 0.717) is 0 Å². The maximum absolute atomic E-state index is 4.84. The summed E-state index contributed by atoms with van der Waals surface area (Å²) in [6.45, 7) is 2.21. The van der Waals surface area contributed by atoms with E-state index >= 15 is 0 Å². The minimum atomic E-state index is 0.755. The first-order valence-corrected chi connectivity index (χ1v) is 8.56. The second kappa shape index (κ2) is 6.40. The topological polar surface area (TPSA) is 43.1 Å². The van der Waals surface area contributed by atoms with Crippen molar-refractivity contribution in [3.8, 4) is 11.4 Å². The van der Waals surface area contributed by atoms with Gasteiger partial charge in [0.15, 0.2) is 11.5 Å². The van der Waals surface area contributed by atoms with Crippen molar-refractivity contribution < 1.29 is 0 Å². The monoisotopic (exact) mass is 316 g/mol. The lowest BCUT2D eigenvalue weighted by Crippen LogP contribution is -2.03. The van der Waals surface area contributed by atoms with Gasteiger partial charge < -0.3 is 0 Å². The second-order valence-electron chi connectivity index (χ2n) is 6.04. The van der Waals surface area contributed by atoms with Crippen LogP contribution >= 0.6 is 0 Å². The highest BCUT2D eigenvalue weighted by Crippen LogP contribution is 2.23. The molecule has 2 aromatic heterocycles. The lowest BCUT2D eigenvalue weighted by molar-refractivity contribution is 0.676. The molecule has 0 aliphatic heterocycles. The van der Waals surface area contributed by atoms with Gasteiger partial charge in [-0.05, 0) is 18.6 Å². The van der Waals surface area contributed by atoms with Gasteiger partial charge in [0.05, 0.1) is 5.52 Å². The summed E-state index contributed by atoms with van der Waals surface area (Å²) >= 11 is 0. The van der Waals surface area contributed by atoms with Crippen LogP contribution in [-0.2, 0) is 6.42 Å². The standard InChI is InChI=1S/C20H20N4/c1-2-3-5-14-18-21-17-13-9-8-12-16(17)20-22-19(23-24(18)20)15-10-6-4-7-11-15/h4,6-13H,2-3,5,14H2,1H3. The number of unbranched alkanes of at least 4 members (excludes halogenated alkanes) is 2. The van der Waals surface area contributed by atoms with Crippen LogP contribution in [0.3, 0.4) is 0 Å². The Labute approximate surface area is 141 Å².